The first-order chi connectivity index (χ1) is 7.58. The maximum atomic E-state index is 6.18. The number of thiophene rings is 1. The van der Waals surface area contributed by atoms with Crippen LogP contribution in [0.1, 0.15) is 22.0 Å². The maximum Gasteiger partial charge on any atom is 0.0702 e. The molecule has 0 saturated carbocycles. The average molecular weight is 317 g/mol. The van der Waals surface area contributed by atoms with Crippen molar-refractivity contribution < 1.29 is 0 Å². The van der Waals surface area contributed by atoms with Crippen molar-refractivity contribution in [2.75, 3.05) is 0 Å². The number of benzene rings is 1. The van der Waals surface area contributed by atoms with Gasteiger partial charge in [0.05, 0.1) is 9.83 Å². The van der Waals surface area contributed by atoms with Crippen LogP contribution in [0.15, 0.2) is 34.1 Å². The summed E-state index contributed by atoms with van der Waals surface area (Å²) in [4.78, 5) is 1.13. The van der Waals surface area contributed by atoms with Crippen LogP contribution in [0.3, 0.4) is 0 Å². The van der Waals surface area contributed by atoms with Gasteiger partial charge in [-0.15, -0.1) is 11.3 Å². The Hall–Kier alpha value is -0.350. The molecule has 0 spiro atoms. The van der Waals surface area contributed by atoms with Gasteiger partial charge in [-0.1, -0.05) is 23.7 Å². The topological polar surface area (TPSA) is 26.0 Å². The van der Waals surface area contributed by atoms with Crippen molar-refractivity contribution in [2.24, 2.45) is 5.73 Å². The van der Waals surface area contributed by atoms with Crippen LogP contribution >= 0.6 is 38.9 Å². The van der Waals surface area contributed by atoms with Crippen LogP contribution in [-0.2, 0) is 0 Å². The predicted octanol–water partition coefficient (Wildman–Crippen LogP) is 4.52. The van der Waals surface area contributed by atoms with Crippen LogP contribution in [0.25, 0.3) is 0 Å². The Balaban J connectivity index is 2.33. The second-order valence-electron chi connectivity index (χ2n) is 3.63. The standard InChI is InChI=1S/C12H11BrClNS/c1-7-2-3-8(6-9(7)14)12(15)10-4-5-11(13)16-10/h2-6,12H,15H2,1H3. The Kier molecular flexibility index (Phi) is 3.70. The summed E-state index contributed by atoms with van der Waals surface area (Å²) >= 11 is 11.2. The number of hydrogen-bond donors (Lipinski definition) is 1. The lowest BCUT2D eigenvalue weighted by Gasteiger charge is -2.11. The molecule has 1 nitrogen and oxygen atoms in total. The fourth-order valence-corrected chi connectivity index (χ4v) is 3.10. The fourth-order valence-electron chi connectivity index (χ4n) is 1.46. The smallest absolute Gasteiger partial charge is 0.0702 e. The lowest BCUT2D eigenvalue weighted by Crippen LogP contribution is -2.10. The summed E-state index contributed by atoms with van der Waals surface area (Å²) in [7, 11) is 0. The molecule has 1 heterocycles. The Morgan fingerprint density at radius 1 is 1.31 bits per heavy atom. The highest BCUT2D eigenvalue weighted by molar-refractivity contribution is 9.11. The molecule has 4 heteroatoms. The maximum absolute atomic E-state index is 6.18. The average Bonchev–Trinajstić information content (AvgIpc) is 2.68. The quantitative estimate of drug-likeness (QED) is 0.866. The Labute approximate surface area is 112 Å². The molecule has 0 aliphatic heterocycles. The molecule has 84 valence electrons. The van der Waals surface area contributed by atoms with Gasteiger partial charge in [0.15, 0.2) is 0 Å². The summed E-state index contributed by atoms with van der Waals surface area (Å²) < 4.78 is 1.09. The summed E-state index contributed by atoms with van der Waals surface area (Å²) in [5, 5.41) is 0.767. The third-order valence-corrected chi connectivity index (χ3v) is 4.57. The van der Waals surface area contributed by atoms with Crippen LogP contribution in [0.2, 0.25) is 5.02 Å². The van der Waals surface area contributed by atoms with Crippen molar-refractivity contribution >= 4 is 38.9 Å². The van der Waals surface area contributed by atoms with Crippen LogP contribution in [0.4, 0.5) is 0 Å². The van der Waals surface area contributed by atoms with E-state index in [0.717, 1.165) is 24.8 Å². The molecule has 0 aliphatic carbocycles. The van der Waals surface area contributed by atoms with E-state index in [-0.39, 0.29) is 6.04 Å². The van der Waals surface area contributed by atoms with E-state index in [1.165, 1.54) is 0 Å². The molecule has 0 aliphatic rings. The molecule has 0 fully saturated rings. The van der Waals surface area contributed by atoms with E-state index < -0.39 is 0 Å². The molecule has 1 unspecified atom stereocenters. The summed E-state index contributed by atoms with van der Waals surface area (Å²) in [6, 6.07) is 9.91. The number of aryl methyl sites for hydroxylation is 1. The molecule has 1 aromatic heterocycles. The van der Waals surface area contributed by atoms with E-state index in [4.69, 9.17) is 17.3 Å². The highest BCUT2D eigenvalue weighted by Gasteiger charge is 2.12. The van der Waals surface area contributed by atoms with Crippen LogP contribution in [-0.4, -0.2) is 0 Å². The number of rotatable bonds is 2. The largest absolute Gasteiger partial charge is 0.320 e. The van der Waals surface area contributed by atoms with Gasteiger partial charge in [0.25, 0.3) is 0 Å². The second-order valence-corrected chi connectivity index (χ2v) is 6.53. The van der Waals surface area contributed by atoms with Crippen molar-refractivity contribution in [3.63, 3.8) is 0 Å². The van der Waals surface area contributed by atoms with Crippen molar-refractivity contribution in [3.8, 4) is 0 Å². The van der Waals surface area contributed by atoms with E-state index in [0.29, 0.717) is 0 Å². The minimum absolute atomic E-state index is 0.102. The molecule has 0 amide bonds. The molecule has 0 radical (unpaired) electrons. The third kappa shape index (κ3) is 2.48. The third-order valence-electron chi connectivity index (χ3n) is 2.46. The zero-order valence-corrected chi connectivity index (χ0v) is 11.9. The first-order valence-corrected chi connectivity index (χ1v) is 6.83. The van der Waals surface area contributed by atoms with Gasteiger partial charge >= 0.3 is 0 Å². The van der Waals surface area contributed by atoms with Crippen LogP contribution in [0.5, 0.6) is 0 Å². The molecule has 1 atom stereocenters. The molecule has 0 bridgehead atoms. The molecule has 2 aromatic rings. The van der Waals surface area contributed by atoms with E-state index in [2.05, 4.69) is 15.9 Å². The van der Waals surface area contributed by atoms with Gasteiger partial charge in [-0.05, 0) is 52.2 Å². The lowest BCUT2D eigenvalue weighted by atomic mass is 10.0. The molecule has 1 aromatic carbocycles. The number of nitrogens with two attached hydrogens (primary N) is 1. The first kappa shape index (κ1) is 12.1. The van der Waals surface area contributed by atoms with Gasteiger partial charge in [-0.2, -0.15) is 0 Å². The van der Waals surface area contributed by atoms with E-state index >= 15 is 0 Å². The van der Waals surface area contributed by atoms with Crippen molar-refractivity contribution in [3.05, 3.63) is 55.1 Å². The van der Waals surface area contributed by atoms with Gasteiger partial charge in [0.2, 0.25) is 0 Å². The van der Waals surface area contributed by atoms with Gasteiger partial charge in [0.1, 0.15) is 0 Å². The van der Waals surface area contributed by atoms with Gasteiger partial charge in [-0.25, -0.2) is 0 Å². The first-order valence-electron chi connectivity index (χ1n) is 4.85. The monoisotopic (exact) mass is 315 g/mol. The zero-order chi connectivity index (χ0) is 11.7. The molecule has 2 N–H and O–H groups in total. The SMILES string of the molecule is Cc1ccc(C(N)c2ccc(Br)s2)cc1Cl. The summed E-state index contributed by atoms with van der Waals surface area (Å²) in [5.41, 5.74) is 8.30. The Morgan fingerprint density at radius 2 is 2.06 bits per heavy atom. The van der Waals surface area contributed by atoms with Crippen LogP contribution < -0.4 is 5.73 Å². The summed E-state index contributed by atoms with van der Waals surface area (Å²) in [5.74, 6) is 0. The molecule has 0 saturated heterocycles. The van der Waals surface area contributed by atoms with Gasteiger partial charge < -0.3 is 5.73 Å². The zero-order valence-electron chi connectivity index (χ0n) is 8.71. The highest BCUT2D eigenvalue weighted by Crippen LogP contribution is 2.31. The normalized spacial score (nSPS) is 12.8. The molecule has 2 rings (SSSR count). The van der Waals surface area contributed by atoms with E-state index in [1.54, 1.807) is 11.3 Å². The van der Waals surface area contributed by atoms with Crippen molar-refractivity contribution in [1.29, 1.82) is 0 Å². The molecule has 16 heavy (non-hydrogen) atoms. The lowest BCUT2D eigenvalue weighted by molar-refractivity contribution is 0.893. The Morgan fingerprint density at radius 3 is 2.62 bits per heavy atom. The highest BCUT2D eigenvalue weighted by atomic mass is 79.9. The number of hydrogen-bond acceptors (Lipinski definition) is 2. The summed E-state index contributed by atoms with van der Waals surface area (Å²) in [6.07, 6.45) is 0. The van der Waals surface area contributed by atoms with Crippen molar-refractivity contribution in [1.82, 2.24) is 0 Å². The van der Waals surface area contributed by atoms with Gasteiger partial charge in [0, 0.05) is 9.90 Å². The molecular weight excluding hydrogens is 306 g/mol. The van der Waals surface area contributed by atoms with Gasteiger partial charge in [-0.3, -0.25) is 0 Å². The minimum atomic E-state index is -0.102. The molecular formula is C12H11BrClNS. The number of halogens is 2. The van der Waals surface area contributed by atoms with E-state index in [9.17, 15) is 0 Å². The summed E-state index contributed by atoms with van der Waals surface area (Å²) in [6.45, 7) is 1.99. The van der Waals surface area contributed by atoms with E-state index in [1.807, 2.05) is 37.3 Å². The minimum Gasteiger partial charge on any atom is -0.320 e. The van der Waals surface area contributed by atoms with Crippen molar-refractivity contribution in [2.45, 2.75) is 13.0 Å². The van der Waals surface area contributed by atoms with Crippen LogP contribution in [0, 0.1) is 6.92 Å². The second kappa shape index (κ2) is 4.88. The predicted molar refractivity (Wildman–Crippen MR) is 74.2 cm³/mol. The fraction of sp³-hybridized carbons (Fsp3) is 0.167. The Bertz CT molecular complexity index is 509.